The standard InChI is InChI=1S/C19H32N2O4.ClH/c1-3-5-7-12-23-16-21-11-9-10-18(14-21)19(22)20-15-25-17-24-13-8-6-4-2;/h9-11,14H,3-8,12-13,15-17H2,1-2H3;1H. The van der Waals surface area contributed by atoms with Crippen molar-refractivity contribution in [3.63, 3.8) is 0 Å². The normalized spacial score (nSPS) is 10.4. The highest BCUT2D eigenvalue weighted by Crippen LogP contribution is 1.97. The number of amides is 1. The van der Waals surface area contributed by atoms with E-state index < -0.39 is 0 Å². The number of nitrogens with zero attached hydrogens (tertiary/aromatic N) is 1. The lowest BCUT2D eigenvalue weighted by molar-refractivity contribution is -0.732. The highest BCUT2D eigenvalue weighted by atomic mass is 35.5. The second-order valence-corrected chi connectivity index (χ2v) is 5.94. The lowest BCUT2D eigenvalue weighted by Crippen LogP contribution is -3.00. The first kappa shape index (κ1) is 24.8. The van der Waals surface area contributed by atoms with Gasteiger partial charge in [-0.05, 0) is 18.9 Å². The summed E-state index contributed by atoms with van der Waals surface area (Å²) in [6, 6.07) is 3.60. The van der Waals surface area contributed by atoms with Crippen LogP contribution in [0.15, 0.2) is 24.5 Å². The van der Waals surface area contributed by atoms with Crippen molar-refractivity contribution in [2.45, 2.75) is 59.1 Å². The van der Waals surface area contributed by atoms with Crippen molar-refractivity contribution < 1.29 is 36.0 Å². The van der Waals surface area contributed by atoms with Crippen molar-refractivity contribution in [2.24, 2.45) is 0 Å². The van der Waals surface area contributed by atoms with E-state index in [0.717, 1.165) is 25.9 Å². The number of pyridine rings is 1. The van der Waals surface area contributed by atoms with Gasteiger partial charge >= 0.3 is 0 Å². The summed E-state index contributed by atoms with van der Waals surface area (Å²) in [5.74, 6) is -0.175. The predicted octanol–water partition coefficient (Wildman–Crippen LogP) is 0.0106. The number of ether oxygens (including phenoxy) is 3. The number of carbonyl (C=O) groups is 1. The quantitative estimate of drug-likeness (QED) is 0.261. The highest BCUT2D eigenvalue weighted by Gasteiger charge is 2.10. The summed E-state index contributed by atoms with van der Waals surface area (Å²) in [5, 5.41) is 2.72. The van der Waals surface area contributed by atoms with Gasteiger partial charge in [0.25, 0.3) is 12.6 Å². The minimum atomic E-state index is -0.175. The van der Waals surface area contributed by atoms with Gasteiger partial charge in [0, 0.05) is 12.7 Å². The molecule has 0 aliphatic carbocycles. The lowest BCUT2D eigenvalue weighted by atomic mass is 10.2. The van der Waals surface area contributed by atoms with E-state index in [9.17, 15) is 4.79 Å². The monoisotopic (exact) mass is 388 g/mol. The van der Waals surface area contributed by atoms with Crippen molar-refractivity contribution in [1.82, 2.24) is 5.32 Å². The average Bonchev–Trinajstić information content (AvgIpc) is 2.64. The molecule has 0 spiro atoms. The molecule has 1 heterocycles. The van der Waals surface area contributed by atoms with Gasteiger partial charge in [0.2, 0.25) is 0 Å². The zero-order chi connectivity index (χ0) is 18.2. The maximum Gasteiger partial charge on any atom is 0.259 e. The maximum atomic E-state index is 12.1. The summed E-state index contributed by atoms with van der Waals surface area (Å²) in [5.41, 5.74) is 0.576. The Morgan fingerprint density at radius 3 is 2.42 bits per heavy atom. The molecule has 1 N–H and O–H groups in total. The summed E-state index contributed by atoms with van der Waals surface area (Å²) >= 11 is 0. The van der Waals surface area contributed by atoms with E-state index in [0.29, 0.717) is 18.9 Å². The van der Waals surface area contributed by atoms with Crippen LogP contribution in [-0.4, -0.2) is 32.6 Å². The molecule has 0 radical (unpaired) electrons. The van der Waals surface area contributed by atoms with E-state index >= 15 is 0 Å². The fourth-order valence-corrected chi connectivity index (χ4v) is 2.19. The van der Waals surface area contributed by atoms with Gasteiger partial charge in [-0.1, -0.05) is 39.5 Å². The Morgan fingerprint density at radius 2 is 1.73 bits per heavy atom. The van der Waals surface area contributed by atoms with E-state index in [1.807, 2.05) is 16.8 Å². The Bertz CT molecular complexity index is 475. The first-order chi connectivity index (χ1) is 12.3. The molecule has 1 aromatic rings. The number of hydrogen-bond acceptors (Lipinski definition) is 4. The van der Waals surface area contributed by atoms with E-state index in [1.54, 1.807) is 12.3 Å². The molecule has 0 fully saturated rings. The third-order valence-electron chi connectivity index (χ3n) is 3.65. The second-order valence-electron chi connectivity index (χ2n) is 5.94. The van der Waals surface area contributed by atoms with Crippen molar-refractivity contribution in [1.29, 1.82) is 0 Å². The van der Waals surface area contributed by atoms with Crippen LogP contribution in [0.4, 0.5) is 0 Å². The van der Waals surface area contributed by atoms with E-state index in [2.05, 4.69) is 19.2 Å². The molecule has 7 heteroatoms. The fourth-order valence-electron chi connectivity index (χ4n) is 2.19. The molecule has 1 amide bonds. The molecule has 0 saturated heterocycles. The van der Waals surface area contributed by atoms with Crippen LogP contribution in [0.25, 0.3) is 0 Å². The molecule has 0 atom stereocenters. The van der Waals surface area contributed by atoms with Gasteiger partial charge in [-0.25, -0.2) is 0 Å². The predicted molar refractivity (Wildman–Crippen MR) is 95.9 cm³/mol. The van der Waals surface area contributed by atoms with Gasteiger partial charge in [-0.15, -0.1) is 0 Å². The maximum absolute atomic E-state index is 12.1. The molecule has 0 aliphatic heterocycles. The fraction of sp³-hybridized carbons (Fsp3) is 0.684. The van der Waals surface area contributed by atoms with Crippen molar-refractivity contribution >= 4 is 5.91 Å². The minimum absolute atomic E-state index is 0. The smallest absolute Gasteiger partial charge is 0.259 e. The highest BCUT2D eigenvalue weighted by molar-refractivity contribution is 5.93. The summed E-state index contributed by atoms with van der Waals surface area (Å²) in [6.45, 7) is 6.53. The van der Waals surface area contributed by atoms with Gasteiger partial charge in [0.05, 0.1) is 6.61 Å². The summed E-state index contributed by atoms with van der Waals surface area (Å²) in [7, 11) is 0. The lowest BCUT2D eigenvalue weighted by Gasteiger charge is -2.07. The number of rotatable bonds is 15. The Morgan fingerprint density at radius 1 is 1.04 bits per heavy atom. The molecule has 150 valence electrons. The van der Waals surface area contributed by atoms with E-state index in [-0.39, 0.29) is 31.8 Å². The number of aromatic nitrogens is 1. The molecule has 1 aromatic heterocycles. The Labute approximate surface area is 163 Å². The number of hydrogen-bond donors (Lipinski definition) is 1. The van der Waals surface area contributed by atoms with E-state index in [1.165, 1.54) is 19.3 Å². The number of unbranched alkanes of at least 4 members (excludes halogenated alkanes) is 4. The van der Waals surface area contributed by atoms with Gasteiger partial charge in [-0.3, -0.25) is 4.79 Å². The summed E-state index contributed by atoms with van der Waals surface area (Å²) in [4.78, 5) is 12.1. The van der Waals surface area contributed by atoms with Crippen LogP contribution in [0.5, 0.6) is 0 Å². The van der Waals surface area contributed by atoms with Crippen LogP contribution >= 0.6 is 0 Å². The van der Waals surface area contributed by atoms with Gasteiger partial charge in [0.15, 0.2) is 12.4 Å². The molecule has 1 rings (SSSR count). The molecular weight excluding hydrogens is 356 g/mol. The van der Waals surface area contributed by atoms with Gasteiger partial charge < -0.3 is 31.9 Å². The van der Waals surface area contributed by atoms with E-state index in [4.69, 9.17) is 14.2 Å². The molecule has 6 nitrogen and oxygen atoms in total. The van der Waals surface area contributed by atoms with Crippen LogP contribution in [0.3, 0.4) is 0 Å². The zero-order valence-corrected chi connectivity index (χ0v) is 16.8. The first-order valence-electron chi connectivity index (χ1n) is 9.28. The second kappa shape index (κ2) is 17.2. The Kier molecular flexibility index (Phi) is 16.4. The third-order valence-corrected chi connectivity index (χ3v) is 3.65. The minimum Gasteiger partial charge on any atom is -1.00 e. The van der Waals surface area contributed by atoms with Crippen LogP contribution in [0.2, 0.25) is 0 Å². The zero-order valence-electron chi connectivity index (χ0n) is 16.0. The molecular formula is C19H33ClN2O4. The van der Waals surface area contributed by atoms with Crippen LogP contribution in [-0.2, 0) is 20.9 Å². The number of nitrogens with one attached hydrogen (secondary N) is 1. The van der Waals surface area contributed by atoms with Gasteiger partial charge in [-0.2, -0.15) is 4.57 Å². The number of halogens is 1. The first-order valence-corrected chi connectivity index (χ1v) is 9.28. The third kappa shape index (κ3) is 12.2. The molecule has 26 heavy (non-hydrogen) atoms. The van der Waals surface area contributed by atoms with Crippen LogP contribution < -0.4 is 22.3 Å². The van der Waals surface area contributed by atoms with Crippen molar-refractivity contribution in [3.05, 3.63) is 30.1 Å². The van der Waals surface area contributed by atoms with Crippen LogP contribution in [0, 0.1) is 0 Å². The van der Waals surface area contributed by atoms with Crippen molar-refractivity contribution in [3.8, 4) is 0 Å². The van der Waals surface area contributed by atoms with Gasteiger partial charge in [0.1, 0.15) is 19.1 Å². The molecule has 0 aromatic carbocycles. The Balaban J connectivity index is 0.00000625. The largest absolute Gasteiger partial charge is 1.00 e. The summed E-state index contributed by atoms with van der Waals surface area (Å²) in [6.07, 6.45) is 10.4. The number of carbonyl (C=O) groups excluding carboxylic acids is 1. The topological polar surface area (TPSA) is 60.7 Å². The molecule has 0 saturated carbocycles. The molecule has 0 bridgehead atoms. The van der Waals surface area contributed by atoms with Crippen molar-refractivity contribution in [2.75, 3.05) is 26.7 Å². The summed E-state index contributed by atoms with van der Waals surface area (Å²) < 4.78 is 18.0. The molecule has 0 aliphatic rings. The average molecular weight is 389 g/mol. The molecule has 0 unspecified atom stereocenters. The Hall–Kier alpha value is -1.21. The van der Waals surface area contributed by atoms with Crippen LogP contribution in [0.1, 0.15) is 62.7 Å². The SMILES string of the molecule is CCCCCOCOCNC(=O)c1ccc[n+](COCCCCC)c1.[Cl-].